The van der Waals surface area contributed by atoms with Gasteiger partial charge in [0.2, 0.25) is 0 Å². The first-order valence-electron chi connectivity index (χ1n) is 5.31. The first kappa shape index (κ1) is 14.5. The van der Waals surface area contributed by atoms with Crippen molar-refractivity contribution in [2.45, 2.75) is 54.7 Å². The van der Waals surface area contributed by atoms with Gasteiger partial charge < -0.3 is 5.11 Å². The molecule has 0 aromatic heterocycles. The molecule has 0 saturated carbocycles. The fraction of sp³-hybridized carbons (Fsp3) is 1.00. The van der Waals surface area contributed by atoms with E-state index in [1.807, 2.05) is 0 Å². The van der Waals surface area contributed by atoms with Crippen LogP contribution in [0.4, 0.5) is 13.2 Å². The lowest BCUT2D eigenvalue weighted by atomic mass is 10.1. The summed E-state index contributed by atoms with van der Waals surface area (Å²) in [5.41, 5.74) is 0. The molecule has 96 valence electrons. The second-order valence-electron chi connectivity index (χ2n) is 4.14. The number of alkyl halides is 3. The van der Waals surface area contributed by atoms with Gasteiger partial charge in [0, 0.05) is 27.9 Å². The Kier molecular flexibility index (Phi) is 5.32. The highest BCUT2D eigenvalue weighted by Crippen LogP contribution is 2.38. The summed E-state index contributed by atoms with van der Waals surface area (Å²) in [4.78, 5) is 0. The maximum absolute atomic E-state index is 12.0. The molecular formula is C10H17F3OS2. The van der Waals surface area contributed by atoms with Gasteiger partial charge in [-0.25, -0.2) is 0 Å². The molecule has 1 aliphatic rings. The topological polar surface area (TPSA) is 20.2 Å². The van der Waals surface area contributed by atoms with Gasteiger partial charge in [0.15, 0.2) is 0 Å². The van der Waals surface area contributed by atoms with Crippen LogP contribution in [0.25, 0.3) is 0 Å². The number of halogens is 3. The smallest absolute Gasteiger partial charge is 0.389 e. The number of thioether (sulfide) groups is 2. The molecule has 0 amide bonds. The van der Waals surface area contributed by atoms with Gasteiger partial charge in [-0.05, 0) is 6.42 Å². The summed E-state index contributed by atoms with van der Waals surface area (Å²) in [6, 6.07) is 0. The summed E-state index contributed by atoms with van der Waals surface area (Å²) >= 11 is 3.35. The van der Waals surface area contributed by atoms with Gasteiger partial charge >= 0.3 is 6.18 Å². The minimum absolute atomic E-state index is 0.0569. The third-order valence-corrected chi connectivity index (χ3v) is 6.26. The Hall–Kier alpha value is 0.450. The zero-order valence-corrected chi connectivity index (χ0v) is 11.0. The van der Waals surface area contributed by atoms with Crippen molar-refractivity contribution >= 4 is 23.5 Å². The lowest BCUT2D eigenvalue weighted by Gasteiger charge is -2.33. The van der Waals surface area contributed by atoms with E-state index in [1.165, 1.54) is 0 Å². The summed E-state index contributed by atoms with van der Waals surface area (Å²) in [7, 11) is 0. The van der Waals surface area contributed by atoms with Crippen LogP contribution in [-0.4, -0.2) is 38.9 Å². The van der Waals surface area contributed by atoms with Gasteiger partial charge in [-0.3, -0.25) is 0 Å². The second kappa shape index (κ2) is 5.87. The van der Waals surface area contributed by atoms with Crippen LogP contribution in [0, 0.1) is 0 Å². The lowest BCUT2D eigenvalue weighted by molar-refractivity contribution is -0.139. The van der Waals surface area contributed by atoms with Gasteiger partial charge in [0.1, 0.15) is 0 Å². The molecule has 4 atom stereocenters. The number of aliphatic hydroxyl groups excluding tert-OH is 1. The molecular weight excluding hydrogens is 257 g/mol. The van der Waals surface area contributed by atoms with Gasteiger partial charge in [-0.1, -0.05) is 13.8 Å². The molecule has 0 aromatic carbocycles. The van der Waals surface area contributed by atoms with E-state index in [9.17, 15) is 18.3 Å². The second-order valence-corrected chi connectivity index (χ2v) is 7.17. The van der Waals surface area contributed by atoms with Crippen molar-refractivity contribution in [2.75, 3.05) is 5.75 Å². The van der Waals surface area contributed by atoms with Crippen LogP contribution in [0.15, 0.2) is 0 Å². The van der Waals surface area contributed by atoms with Crippen molar-refractivity contribution in [2.24, 2.45) is 0 Å². The molecule has 1 saturated heterocycles. The van der Waals surface area contributed by atoms with E-state index in [-0.39, 0.29) is 11.7 Å². The van der Waals surface area contributed by atoms with Crippen molar-refractivity contribution in [1.29, 1.82) is 0 Å². The zero-order valence-electron chi connectivity index (χ0n) is 9.33. The standard InChI is InChI=1S/C10H17F3OS2/c1-6-7(2)16-9(5-15-6)8(14)3-4-10(11,12)13/h6-9,14H,3-5H2,1-2H3. The Morgan fingerprint density at radius 2 is 1.94 bits per heavy atom. The molecule has 1 rings (SSSR count). The average molecular weight is 274 g/mol. The molecule has 1 N–H and O–H groups in total. The Morgan fingerprint density at radius 3 is 2.44 bits per heavy atom. The van der Waals surface area contributed by atoms with E-state index >= 15 is 0 Å². The maximum atomic E-state index is 12.0. The van der Waals surface area contributed by atoms with E-state index < -0.39 is 18.7 Å². The number of hydrogen-bond acceptors (Lipinski definition) is 3. The van der Waals surface area contributed by atoms with Crippen LogP contribution in [0.2, 0.25) is 0 Å². The van der Waals surface area contributed by atoms with Crippen molar-refractivity contribution in [3.8, 4) is 0 Å². The largest absolute Gasteiger partial charge is 0.392 e. The number of hydrogen-bond donors (Lipinski definition) is 1. The minimum Gasteiger partial charge on any atom is -0.392 e. The molecule has 1 heterocycles. The van der Waals surface area contributed by atoms with E-state index in [4.69, 9.17) is 0 Å². The van der Waals surface area contributed by atoms with E-state index in [1.54, 1.807) is 23.5 Å². The van der Waals surface area contributed by atoms with Crippen LogP contribution < -0.4 is 0 Å². The minimum atomic E-state index is -4.16. The third kappa shape index (κ3) is 4.75. The quantitative estimate of drug-likeness (QED) is 0.852. The Bertz CT molecular complexity index is 223. The first-order chi connectivity index (χ1) is 7.29. The molecule has 6 heteroatoms. The summed E-state index contributed by atoms with van der Waals surface area (Å²) in [5.74, 6) is 0.745. The fourth-order valence-corrected chi connectivity index (χ4v) is 4.56. The highest BCUT2D eigenvalue weighted by molar-refractivity contribution is 8.07. The Labute approximate surface area is 103 Å². The first-order valence-corrected chi connectivity index (χ1v) is 7.30. The molecule has 0 aromatic rings. The van der Waals surface area contributed by atoms with Gasteiger partial charge in [0.05, 0.1) is 6.10 Å². The van der Waals surface area contributed by atoms with Crippen LogP contribution >= 0.6 is 23.5 Å². The summed E-state index contributed by atoms with van der Waals surface area (Å²) < 4.78 is 36.0. The fourth-order valence-electron chi connectivity index (χ4n) is 1.51. The van der Waals surface area contributed by atoms with E-state index in [2.05, 4.69) is 13.8 Å². The van der Waals surface area contributed by atoms with Crippen molar-refractivity contribution in [1.82, 2.24) is 0 Å². The maximum Gasteiger partial charge on any atom is 0.389 e. The van der Waals surface area contributed by atoms with Crippen molar-refractivity contribution in [3.05, 3.63) is 0 Å². The average Bonchev–Trinajstić information content (AvgIpc) is 2.17. The van der Waals surface area contributed by atoms with Crippen molar-refractivity contribution in [3.63, 3.8) is 0 Å². The molecule has 1 fully saturated rings. The zero-order chi connectivity index (χ0) is 12.3. The molecule has 0 bridgehead atoms. The summed E-state index contributed by atoms with van der Waals surface area (Å²) in [6.45, 7) is 4.17. The molecule has 0 aliphatic carbocycles. The molecule has 1 aliphatic heterocycles. The van der Waals surface area contributed by atoms with Gasteiger partial charge in [0.25, 0.3) is 0 Å². The molecule has 0 spiro atoms. The highest BCUT2D eigenvalue weighted by atomic mass is 32.2. The van der Waals surface area contributed by atoms with Crippen LogP contribution in [-0.2, 0) is 0 Å². The van der Waals surface area contributed by atoms with E-state index in [0.717, 1.165) is 5.75 Å². The molecule has 16 heavy (non-hydrogen) atoms. The van der Waals surface area contributed by atoms with Gasteiger partial charge in [-0.2, -0.15) is 36.7 Å². The summed E-state index contributed by atoms with van der Waals surface area (Å²) in [6.07, 6.45) is -6.07. The summed E-state index contributed by atoms with van der Waals surface area (Å²) in [5, 5.41) is 10.6. The molecule has 1 nitrogen and oxygen atoms in total. The third-order valence-electron chi connectivity index (χ3n) is 2.73. The number of rotatable bonds is 3. The van der Waals surface area contributed by atoms with Crippen LogP contribution in [0.1, 0.15) is 26.7 Å². The predicted octanol–water partition coefficient (Wildman–Crippen LogP) is 3.32. The Morgan fingerprint density at radius 1 is 1.31 bits per heavy atom. The van der Waals surface area contributed by atoms with Crippen LogP contribution in [0.5, 0.6) is 0 Å². The normalized spacial score (nSPS) is 33.8. The SMILES string of the molecule is CC1SCC(C(O)CCC(F)(F)F)SC1C. The lowest BCUT2D eigenvalue weighted by Crippen LogP contribution is -2.35. The monoisotopic (exact) mass is 274 g/mol. The van der Waals surface area contributed by atoms with Gasteiger partial charge in [-0.15, -0.1) is 0 Å². The highest BCUT2D eigenvalue weighted by Gasteiger charge is 2.33. The van der Waals surface area contributed by atoms with E-state index in [0.29, 0.717) is 10.5 Å². The number of aliphatic hydroxyl groups is 1. The van der Waals surface area contributed by atoms with Crippen molar-refractivity contribution < 1.29 is 18.3 Å². The predicted molar refractivity (Wildman–Crippen MR) is 64.1 cm³/mol. The molecule has 0 radical (unpaired) electrons. The Balaban J connectivity index is 2.34. The van der Waals surface area contributed by atoms with Crippen LogP contribution in [0.3, 0.4) is 0 Å². The molecule has 4 unspecified atom stereocenters.